The maximum Gasteiger partial charge on any atom is 0.355 e. The van der Waals surface area contributed by atoms with Gasteiger partial charge in [-0.1, -0.05) is 30.3 Å². The third-order valence-corrected chi connectivity index (χ3v) is 3.51. The second kappa shape index (κ2) is 9.91. The van der Waals surface area contributed by atoms with Crippen molar-refractivity contribution >= 4 is 23.4 Å². The molecule has 0 saturated heterocycles. The summed E-state index contributed by atoms with van der Waals surface area (Å²) in [5, 5.41) is 2.83. The van der Waals surface area contributed by atoms with Gasteiger partial charge in [0.05, 0.1) is 19.3 Å². The van der Waals surface area contributed by atoms with E-state index in [1.165, 1.54) is 0 Å². The zero-order valence-corrected chi connectivity index (χ0v) is 15.2. The molecule has 0 fully saturated rings. The summed E-state index contributed by atoms with van der Waals surface area (Å²) in [5.41, 5.74) is 1.59. The van der Waals surface area contributed by atoms with Gasteiger partial charge in [-0.25, -0.2) is 9.59 Å². The van der Waals surface area contributed by atoms with E-state index < -0.39 is 11.9 Å². The van der Waals surface area contributed by atoms with Gasteiger partial charge in [0, 0.05) is 16.8 Å². The quantitative estimate of drug-likeness (QED) is 0.438. The van der Waals surface area contributed by atoms with Gasteiger partial charge in [0.25, 0.3) is 0 Å². The van der Waals surface area contributed by atoms with Crippen LogP contribution in [-0.4, -0.2) is 30.9 Å². The third-order valence-electron chi connectivity index (χ3n) is 3.51. The van der Waals surface area contributed by atoms with E-state index in [2.05, 4.69) is 5.32 Å². The van der Waals surface area contributed by atoms with Crippen LogP contribution in [0, 0.1) is 0 Å². The summed E-state index contributed by atoms with van der Waals surface area (Å²) in [5.74, 6) is -1.42. The second-order valence-corrected chi connectivity index (χ2v) is 5.43. The molecule has 0 atom stereocenters. The molecule has 0 aliphatic heterocycles. The summed E-state index contributed by atoms with van der Waals surface area (Å²) in [6.07, 6.45) is 1.05. The first kappa shape index (κ1) is 19.9. The molecule has 6 nitrogen and oxygen atoms in total. The molecule has 2 aromatic carbocycles. The monoisotopic (exact) mass is 367 g/mol. The summed E-state index contributed by atoms with van der Waals surface area (Å²) < 4.78 is 9.77. The lowest BCUT2D eigenvalue weighted by molar-refractivity contribution is -0.140. The maximum atomic E-state index is 12.4. The predicted molar refractivity (Wildman–Crippen MR) is 101 cm³/mol. The van der Waals surface area contributed by atoms with Crippen LogP contribution in [0.3, 0.4) is 0 Å². The van der Waals surface area contributed by atoms with Crippen LogP contribution in [0.4, 0.5) is 5.69 Å². The van der Waals surface area contributed by atoms with Crippen molar-refractivity contribution in [2.45, 2.75) is 13.8 Å². The lowest BCUT2D eigenvalue weighted by atomic mass is 10.0. The standard InChI is InChI=1S/C21H21NO5/c1-3-26-19(23)14-18(21(25)27-4-2)22-17-12-10-16(11-13-17)20(24)15-8-6-5-7-9-15/h5-14,22H,3-4H2,1-2H3/b18-14+. The van der Waals surface area contributed by atoms with E-state index >= 15 is 0 Å². The Bertz CT molecular complexity index is 825. The zero-order valence-electron chi connectivity index (χ0n) is 15.2. The topological polar surface area (TPSA) is 81.7 Å². The first-order valence-electron chi connectivity index (χ1n) is 8.57. The van der Waals surface area contributed by atoms with E-state index in [0.717, 1.165) is 6.08 Å². The Balaban J connectivity index is 2.17. The van der Waals surface area contributed by atoms with E-state index in [1.54, 1.807) is 62.4 Å². The highest BCUT2D eigenvalue weighted by molar-refractivity contribution is 6.09. The van der Waals surface area contributed by atoms with Crippen molar-refractivity contribution in [2.75, 3.05) is 18.5 Å². The van der Waals surface area contributed by atoms with Gasteiger partial charge >= 0.3 is 11.9 Å². The van der Waals surface area contributed by atoms with Gasteiger partial charge in [-0.05, 0) is 38.1 Å². The minimum absolute atomic E-state index is 0.0440. The van der Waals surface area contributed by atoms with E-state index in [-0.39, 0.29) is 24.7 Å². The number of hydrogen-bond donors (Lipinski definition) is 1. The molecule has 0 aliphatic carbocycles. The number of hydrogen-bond acceptors (Lipinski definition) is 6. The Kier molecular flexibility index (Phi) is 7.31. The fourth-order valence-corrected chi connectivity index (χ4v) is 2.27. The van der Waals surface area contributed by atoms with Gasteiger partial charge in [-0.15, -0.1) is 0 Å². The van der Waals surface area contributed by atoms with Crippen molar-refractivity contribution in [3.8, 4) is 0 Å². The number of anilines is 1. The third kappa shape index (κ3) is 5.81. The summed E-state index contributed by atoms with van der Waals surface area (Å²) >= 11 is 0. The Morgan fingerprint density at radius 1 is 0.852 bits per heavy atom. The maximum absolute atomic E-state index is 12.4. The molecule has 0 aliphatic rings. The molecular weight excluding hydrogens is 346 g/mol. The summed E-state index contributed by atoms with van der Waals surface area (Å²) in [6.45, 7) is 3.71. The number of carbonyl (C=O) groups is 3. The summed E-state index contributed by atoms with van der Waals surface area (Å²) in [7, 11) is 0. The SMILES string of the molecule is CCOC(=O)/C=C(/Nc1ccc(C(=O)c2ccccc2)cc1)C(=O)OCC. The highest BCUT2D eigenvalue weighted by Crippen LogP contribution is 2.16. The van der Waals surface area contributed by atoms with Gasteiger partial charge in [0.15, 0.2) is 5.78 Å². The number of carbonyl (C=O) groups excluding carboxylic acids is 3. The van der Waals surface area contributed by atoms with Crippen LogP contribution in [0.25, 0.3) is 0 Å². The molecule has 27 heavy (non-hydrogen) atoms. The van der Waals surface area contributed by atoms with E-state index in [4.69, 9.17) is 9.47 Å². The van der Waals surface area contributed by atoms with Crippen LogP contribution in [0.2, 0.25) is 0 Å². The Morgan fingerprint density at radius 3 is 2.04 bits per heavy atom. The normalized spacial score (nSPS) is 10.8. The minimum atomic E-state index is -0.671. The van der Waals surface area contributed by atoms with Crippen molar-refractivity contribution in [1.29, 1.82) is 0 Å². The van der Waals surface area contributed by atoms with Crippen molar-refractivity contribution < 1.29 is 23.9 Å². The first-order valence-corrected chi connectivity index (χ1v) is 8.57. The lowest BCUT2D eigenvalue weighted by Gasteiger charge is -2.11. The van der Waals surface area contributed by atoms with Crippen LogP contribution in [0.1, 0.15) is 29.8 Å². The smallest absolute Gasteiger partial charge is 0.355 e. The fourth-order valence-electron chi connectivity index (χ4n) is 2.27. The van der Waals surface area contributed by atoms with Gasteiger partial charge in [0.1, 0.15) is 5.70 Å². The molecule has 140 valence electrons. The predicted octanol–water partition coefficient (Wildman–Crippen LogP) is 3.34. The Morgan fingerprint density at radius 2 is 1.44 bits per heavy atom. The number of nitrogens with one attached hydrogen (secondary N) is 1. The number of ketones is 1. The van der Waals surface area contributed by atoms with Crippen molar-refractivity contribution in [3.05, 3.63) is 77.5 Å². The molecule has 0 radical (unpaired) electrons. The van der Waals surface area contributed by atoms with Gasteiger partial charge < -0.3 is 14.8 Å². The van der Waals surface area contributed by atoms with Crippen molar-refractivity contribution in [3.63, 3.8) is 0 Å². The Labute approximate surface area is 157 Å². The highest BCUT2D eigenvalue weighted by atomic mass is 16.5. The van der Waals surface area contributed by atoms with Gasteiger partial charge in [-0.2, -0.15) is 0 Å². The largest absolute Gasteiger partial charge is 0.463 e. The molecular formula is C21H21NO5. The summed E-state index contributed by atoms with van der Waals surface area (Å²) in [6, 6.07) is 15.5. The lowest BCUT2D eigenvalue weighted by Crippen LogP contribution is -2.17. The molecule has 2 rings (SSSR count). The molecule has 1 N–H and O–H groups in total. The van der Waals surface area contributed by atoms with Crippen molar-refractivity contribution in [2.24, 2.45) is 0 Å². The van der Waals surface area contributed by atoms with Gasteiger partial charge in [-0.3, -0.25) is 4.79 Å². The molecule has 0 aromatic heterocycles. The molecule has 0 bridgehead atoms. The van der Waals surface area contributed by atoms with E-state index in [1.807, 2.05) is 6.07 Å². The molecule has 0 heterocycles. The van der Waals surface area contributed by atoms with Crippen molar-refractivity contribution in [1.82, 2.24) is 0 Å². The zero-order chi connectivity index (χ0) is 19.6. The number of ether oxygens (including phenoxy) is 2. The van der Waals surface area contributed by atoms with Crippen LogP contribution in [-0.2, 0) is 19.1 Å². The second-order valence-electron chi connectivity index (χ2n) is 5.43. The number of rotatable bonds is 8. The fraction of sp³-hybridized carbons (Fsp3) is 0.190. The average molecular weight is 367 g/mol. The number of esters is 2. The highest BCUT2D eigenvalue weighted by Gasteiger charge is 2.14. The minimum Gasteiger partial charge on any atom is -0.463 e. The molecule has 2 aromatic rings. The molecule has 0 saturated carbocycles. The molecule has 6 heteroatoms. The van der Waals surface area contributed by atoms with Crippen LogP contribution in [0.15, 0.2) is 66.4 Å². The number of benzene rings is 2. The molecule has 0 unspecified atom stereocenters. The first-order chi connectivity index (χ1) is 13.0. The summed E-state index contributed by atoms with van der Waals surface area (Å²) in [4.78, 5) is 36.1. The van der Waals surface area contributed by atoms with Crippen LogP contribution in [0.5, 0.6) is 0 Å². The van der Waals surface area contributed by atoms with Crippen LogP contribution >= 0.6 is 0 Å². The van der Waals surface area contributed by atoms with E-state index in [9.17, 15) is 14.4 Å². The average Bonchev–Trinajstić information content (AvgIpc) is 2.68. The van der Waals surface area contributed by atoms with Gasteiger partial charge in [0.2, 0.25) is 0 Å². The molecule has 0 spiro atoms. The van der Waals surface area contributed by atoms with Crippen LogP contribution < -0.4 is 5.32 Å². The van der Waals surface area contributed by atoms with E-state index in [0.29, 0.717) is 16.8 Å². The molecule has 0 amide bonds. The Hall–Kier alpha value is -3.41.